The smallest absolute Gasteiger partial charge is 0.320 e. The largest absolute Gasteiger partial charge is 0.480 e. The second-order valence-corrected chi connectivity index (χ2v) is 3.99. The first-order valence-electron chi connectivity index (χ1n) is 5.73. The number of nitrogens with zero attached hydrogens (tertiary/aromatic N) is 1. The van der Waals surface area contributed by atoms with Crippen molar-refractivity contribution >= 4 is 5.97 Å². The number of aliphatic carboxylic acids is 1. The predicted molar refractivity (Wildman–Crippen MR) is 64.3 cm³/mol. The Kier molecular flexibility index (Phi) is 5.28. The molecule has 0 amide bonds. The van der Waals surface area contributed by atoms with E-state index in [1.54, 1.807) is 6.07 Å². The summed E-state index contributed by atoms with van der Waals surface area (Å²) in [6.07, 6.45) is 1.29. The van der Waals surface area contributed by atoms with Gasteiger partial charge in [-0.15, -0.1) is 0 Å². The summed E-state index contributed by atoms with van der Waals surface area (Å²) in [6, 6.07) is 5.31. The molecule has 18 heavy (non-hydrogen) atoms. The Labute approximate surface area is 105 Å². The molecule has 0 aliphatic carbocycles. The second-order valence-electron chi connectivity index (χ2n) is 3.99. The van der Waals surface area contributed by atoms with E-state index in [9.17, 15) is 9.18 Å². The van der Waals surface area contributed by atoms with Crippen LogP contribution in [0.2, 0.25) is 0 Å². The molecule has 1 atom stereocenters. The van der Waals surface area contributed by atoms with E-state index in [4.69, 9.17) is 10.4 Å². The topological polar surface area (TPSA) is 73.1 Å². The molecule has 4 nitrogen and oxygen atoms in total. The Hall–Kier alpha value is -1.93. The van der Waals surface area contributed by atoms with Gasteiger partial charge in [-0.2, -0.15) is 5.26 Å². The van der Waals surface area contributed by atoms with Gasteiger partial charge in [0.05, 0.1) is 5.56 Å². The number of benzene rings is 1. The number of carboxylic acid groups (broad SMARTS) is 1. The number of halogens is 1. The molecule has 1 unspecified atom stereocenters. The molecule has 0 spiro atoms. The third kappa shape index (κ3) is 3.82. The number of nitriles is 1. The van der Waals surface area contributed by atoms with Crippen molar-refractivity contribution < 1.29 is 14.3 Å². The van der Waals surface area contributed by atoms with Gasteiger partial charge < -0.3 is 10.4 Å². The number of carboxylic acids is 1. The van der Waals surface area contributed by atoms with Crippen LogP contribution in [0.4, 0.5) is 4.39 Å². The van der Waals surface area contributed by atoms with E-state index in [0.717, 1.165) is 6.42 Å². The Balaban J connectivity index is 2.68. The minimum Gasteiger partial charge on any atom is -0.480 e. The molecule has 2 N–H and O–H groups in total. The molecule has 0 aromatic heterocycles. The van der Waals surface area contributed by atoms with Gasteiger partial charge in [0.2, 0.25) is 0 Å². The maximum Gasteiger partial charge on any atom is 0.320 e. The van der Waals surface area contributed by atoms with Gasteiger partial charge in [-0.05, 0) is 24.1 Å². The first-order valence-corrected chi connectivity index (χ1v) is 5.73. The minimum atomic E-state index is -0.903. The molecule has 96 valence electrons. The van der Waals surface area contributed by atoms with Gasteiger partial charge in [-0.3, -0.25) is 4.79 Å². The minimum absolute atomic E-state index is 0.0309. The zero-order valence-corrected chi connectivity index (χ0v) is 10.1. The molecule has 0 heterocycles. The first-order chi connectivity index (χ1) is 8.58. The van der Waals surface area contributed by atoms with Crippen LogP contribution in [0, 0.1) is 17.1 Å². The third-order valence-electron chi connectivity index (χ3n) is 2.58. The Morgan fingerprint density at radius 1 is 1.61 bits per heavy atom. The van der Waals surface area contributed by atoms with Crippen molar-refractivity contribution in [2.45, 2.75) is 32.4 Å². The van der Waals surface area contributed by atoms with Crippen LogP contribution in [0.3, 0.4) is 0 Å². The van der Waals surface area contributed by atoms with Crippen LogP contribution in [0.25, 0.3) is 0 Å². The fourth-order valence-electron chi connectivity index (χ4n) is 1.61. The van der Waals surface area contributed by atoms with Crippen LogP contribution in [0.15, 0.2) is 18.2 Å². The molecule has 0 radical (unpaired) electrons. The van der Waals surface area contributed by atoms with Crippen molar-refractivity contribution in [2.75, 3.05) is 0 Å². The number of rotatable bonds is 6. The van der Waals surface area contributed by atoms with Crippen molar-refractivity contribution in [3.63, 3.8) is 0 Å². The van der Waals surface area contributed by atoms with E-state index in [1.807, 2.05) is 6.92 Å². The molecular formula is C13H15FN2O2. The molecule has 0 fully saturated rings. The molecule has 0 saturated carbocycles. The van der Waals surface area contributed by atoms with E-state index in [-0.39, 0.29) is 5.56 Å². The van der Waals surface area contributed by atoms with Crippen molar-refractivity contribution in [3.05, 3.63) is 35.1 Å². The van der Waals surface area contributed by atoms with E-state index >= 15 is 0 Å². The normalized spacial score (nSPS) is 11.8. The van der Waals surface area contributed by atoms with Crippen molar-refractivity contribution in [1.82, 2.24) is 5.32 Å². The average molecular weight is 250 g/mol. The summed E-state index contributed by atoms with van der Waals surface area (Å²) >= 11 is 0. The lowest BCUT2D eigenvalue weighted by atomic mass is 10.1. The van der Waals surface area contributed by atoms with Gasteiger partial charge in [0, 0.05) is 6.54 Å². The standard InChI is InChI=1S/C13H15FN2O2/c1-2-3-12(13(17)18)16-8-9-4-5-11(14)10(6-9)7-15/h4-6,12,16H,2-3,8H2,1H3,(H,17,18). The molecule has 5 heteroatoms. The number of carbonyl (C=O) groups is 1. The maximum absolute atomic E-state index is 13.1. The van der Waals surface area contributed by atoms with Crippen molar-refractivity contribution in [3.8, 4) is 6.07 Å². The average Bonchev–Trinajstić information content (AvgIpc) is 2.35. The highest BCUT2D eigenvalue weighted by molar-refractivity contribution is 5.73. The summed E-state index contributed by atoms with van der Waals surface area (Å²) in [5.41, 5.74) is 0.659. The molecule has 0 aliphatic rings. The summed E-state index contributed by atoms with van der Waals surface area (Å²) in [5, 5.41) is 20.5. The number of hydrogen-bond donors (Lipinski definition) is 2. The van der Waals surface area contributed by atoms with Crippen LogP contribution in [0.5, 0.6) is 0 Å². The summed E-state index contributed by atoms with van der Waals surface area (Å²) in [4.78, 5) is 10.9. The third-order valence-corrected chi connectivity index (χ3v) is 2.58. The molecule has 0 bridgehead atoms. The lowest BCUT2D eigenvalue weighted by molar-refractivity contribution is -0.139. The summed E-state index contributed by atoms with van der Waals surface area (Å²) in [5.74, 6) is -1.47. The summed E-state index contributed by atoms with van der Waals surface area (Å²) in [6.45, 7) is 2.20. The number of hydrogen-bond acceptors (Lipinski definition) is 3. The van der Waals surface area contributed by atoms with E-state index < -0.39 is 17.8 Å². The van der Waals surface area contributed by atoms with Crippen molar-refractivity contribution in [1.29, 1.82) is 5.26 Å². The van der Waals surface area contributed by atoms with E-state index in [2.05, 4.69) is 5.32 Å². The lowest BCUT2D eigenvalue weighted by Gasteiger charge is -2.13. The number of nitrogens with one attached hydrogen (secondary N) is 1. The fraction of sp³-hybridized carbons (Fsp3) is 0.385. The lowest BCUT2D eigenvalue weighted by Crippen LogP contribution is -2.36. The van der Waals surface area contributed by atoms with Gasteiger partial charge in [-0.1, -0.05) is 19.4 Å². The molecule has 0 aliphatic heterocycles. The van der Waals surface area contributed by atoms with Gasteiger partial charge in [0.25, 0.3) is 0 Å². The van der Waals surface area contributed by atoms with Gasteiger partial charge in [0.15, 0.2) is 0 Å². The first kappa shape index (κ1) is 14.1. The Bertz CT molecular complexity index is 469. The highest BCUT2D eigenvalue weighted by atomic mass is 19.1. The SMILES string of the molecule is CCCC(NCc1ccc(F)c(C#N)c1)C(=O)O. The molecule has 0 saturated heterocycles. The summed E-state index contributed by atoms with van der Waals surface area (Å²) < 4.78 is 13.1. The Morgan fingerprint density at radius 3 is 2.89 bits per heavy atom. The monoisotopic (exact) mass is 250 g/mol. The van der Waals surface area contributed by atoms with Crippen LogP contribution < -0.4 is 5.32 Å². The Morgan fingerprint density at radius 2 is 2.33 bits per heavy atom. The quantitative estimate of drug-likeness (QED) is 0.810. The molecule has 1 aromatic carbocycles. The van der Waals surface area contributed by atoms with Crippen LogP contribution >= 0.6 is 0 Å². The molecular weight excluding hydrogens is 235 g/mol. The van der Waals surface area contributed by atoms with Gasteiger partial charge in [0.1, 0.15) is 17.9 Å². The van der Waals surface area contributed by atoms with Gasteiger partial charge >= 0.3 is 5.97 Å². The van der Waals surface area contributed by atoms with E-state index in [1.165, 1.54) is 18.2 Å². The predicted octanol–water partition coefficient (Wildman–Crippen LogP) is 2.04. The maximum atomic E-state index is 13.1. The zero-order valence-electron chi connectivity index (χ0n) is 10.1. The second kappa shape index (κ2) is 6.72. The van der Waals surface area contributed by atoms with E-state index in [0.29, 0.717) is 18.5 Å². The van der Waals surface area contributed by atoms with Crippen LogP contribution in [0.1, 0.15) is 30.9 Å². The van der Waals surface area contributed by atoms with Gasteiger partial charge in [-0.25, -0.2) is 4.39 Å². The van der Waals surface area contributed by atoms with Crippen LogP contribution in [-0.2, 0) is 11.3 Å². The highest BCUT2D eigenvalue weighted by Gasteiger charge is 2.15. The van der Waals surface area contributed by atoms with Crippen LogP contribution in [-0.4, -0.2) is 17.1 Å². The highest BCUT2D eigenvalue weighted by Crippen LogP contribution is 2.10. The fourth-order valence-corrected chi connectivity index (χ4v) is 1.61. The zero-order chi connectivity index (χ0) is 13.5. The van der Waals surface area contributed by atoms with Crippen molar-refractivity contribution in [2.24, 2.45) is 0 Å². The molecule has 1 rings (SSSR count). The summed E-state index contributed by atoms with van der Waals surface area (Å²) in [7, 11) is 0. The molecule has 1 aromatic rings.